The molecule has 1 heterocycles. The average Bonchev–Trinajstić information content (AvgIpc) is 3.19. The minimum absolute atomic E-state index is 0.0684. The van der Waals surface area contributed by atoms with Crippen LogP contribution in [0.15, 0.2) is 60.0 Å². The van der Waals surface area contributed by atoms with E-state index in [4.69, 9.17) is 16.3 Å². The van der Waals surface area contributed by atoms with E-state index in [2.05, 4.69) is 15.5 Å². The van der Waals surface area contributed by atoms with E-state index < -0.39 is 0 Å². The Morgan fingerprint density at radius 3 is 2.75 bits per heavy atom. The van der Waals surface area contributed by atoms with Crippen molar-refractivity contribution >= 4 is 29.3 Å². The maximum Gasteiger partial charge on any atom is 0.230 e. The van der Waals surface area contributed by atoms with Crippen LogP contribution in [0.4, 0.5) is 0 Å². The maximum atomic E-state index is 12.5. The molecule has 0 aliphatic carbocycles. The van der Waals surface area contributed by atoms with Gasteiger partial charge in [-0.05, 0) is 48.4 Å². The Morgan fingerprint density at radius 2 is 2.07 bits per heavy atom. The van der Waals surface area contributed by atoms with Gasteiger partial charge in [0.25, 0.3) is 0 Å². The Balaban J connectivity index is 1.62. The van der Waals surface area contributed by atoms with Crippen LogP contribution in [0.5, 0.6) is 5.75 Å². The van der Waals surface area contributed by atoms with Crippen molar-refractivity contribution in [2.24, 2.45) is 0 Å². The summed E-state index contributed by atoms with van der Waals surface area (Å²) in [5.74, 6) is 0.949. The van der Waals surface area contributed by atoms with Crippen molar-refractivity contribution < 1.29 is 9.53 Å². The number of carbonyl (C=O) groups is 1. The van der Waals surface area contributed by atoms with Crippen LogP contribution in [0, 0.1) is 0 Å². The number of nitrogens with one attached hydrogen (secondary N) is 1. The average molecular weight is 417 g/mol. The molecule has 1 amide bonds. The molecule has 0 bridgehead atoms. The number of carbonyl (C=O) groups excluding carboxylic acids is 1. The summed E-state index contributed by atoms with van der Waals surface area (Å²) in [6, 6.07) is 15.0. The molecule has 8 heteroatoms. The molecule has 3 rings (SSSR count). The van der Waals surface area contributed by atoms with Crippen LogP contribution >= 0.6 is 23.4 Å². The number of benzene rings is 2. The van der Waals surface area contributed by atoms with Gasteiger partial charge >= 0.3 is 0 Å². The number of rotatable bonds is 8. The largest absolute Gasteiger partial charge is 0.497 e. The van der Waals surface area contributed by atoms with E-state index in [-0.39, 0.29) is 17.7 Å². The molecule has 0 spiro atoms. The highest BCUT2D eigenvalue weighted by atomic mass is 35.5. The van der Waals surface area contributed by atoms with Crippen LogP contribution in [0.25, 0.3) is 5.69 Å². The molecule has 146 valence electrons. The third-order valence-corrected chi connectivity index (χ3v) is 5.37. The summed E-state index contributed by atoms with van der Waals surface area (Å²) in [7, 11) is 1.63. The molecule has 0 fully saturated rings. The lowest BCUT2D eigenvalue weighted by Crippen LogP contribution is -2.29. The van der Waals surface area contributed by atoms with Crippen molar-refractivity contribution in [3.8, 4) is 11.4 Å². The number of amides is 1. The first-order valence-corrected chi connectivity index (χ1v) is 10.2. The Morgan fingerprint density at radius 1 is 1.29 bits per heavy atom. The smallest absolute Gasteiger partial charge is 0.230 e. The molecule has 1 N–H and O–H groups in total. The monoisotopic (exact) mass is 416 g/mol. The molecule has 28 heavy (non-hydrogen) atoms. The van der Waals surface area contributed by atoms with Crippen molar-refractivity contribution in [2.75, 3.05) is 12.9 Å². The van der Waals surface area contributed by atoms with E-state index in [0.717, 1.165) is 23.4 Å². The predicted octanol–water partition coefficient (Wildman–Crippen LogP) is 4.29. The van der Waals surface area contributed by atoms with Gasteiger partial charge in [0.2, 0.25) is 5.91 Å². The van der Waals surface area contributed by atoms with Gasteiger partial charge in [-0.3, -0.25) is 9.36 Å². The highest BCUT2D eigenvalue weighted by Crippen LogP contribution is 2.23. The number of halogens is 1. The number of aromatic nitrogens is 3. The predicted molar refractivity (Wildman–Crippen MR) is 111 cm³/mol. The van der Waals surface area contributed by atoms with Gasteiger partial charge in [0.1, 0.15) is 12.1 Å². The van der Waals surface area contributed by atoms with E-state index in [9.17, 15) is 4.79 Å². The fraction of sp³-hybridized carbons (Fsp3) is 0.250. The highest BCUT2D eigenvalue weighted by Gasteiger charge is 2.15. The Hall–Kier alpha value is -2.51. The molecule has 1 unspecified atom stereocenters. The zero-order chi connectivity index (χ0) is 19.9. The van der Waals surface area contributed by atoms with Crippen LogP contribution in [-0.4, -0.2) is 33.5 Å². The first-order chi connectivity index (χ1) is 13.6. The normalized spacial score (nSPS) is 11.8. The zero-order valence-electron chi connectivity index (χ0n) is 15.6. The maximum absolute atomic E-state index is 12.5. The third-order valence-electron chi connectivity index (χ3n) is 4.19. The lowest BCUT2D eigenvalue weighted by molar-refractivity contribution is -0.119. The van der Waals surface area contributed by atoms with Gasteiger partial charge in [0, 0.05) is 10.7 Å². The van der Waals surface area contributed by atoms with Gasteiger partial charge in [-0.2, -0.15) is 0 Å². The summed E-state index contributed by atoms with van der Waals surface area (Å²) in [5, 5.41) is 12.5. The number of thioether (sulfide) groups is 1. The summed E-state index contributed by atoms with van der Waals surface area (Å²) in [4.78, 5) is 12.5. The van der Waals surface area contributed by atoms with Crippen molar-refractivity contribution in [3.63, 3.8) is 0 Å². The minimum atomic E-state index is -0.0775. The van der Waals surface area contributed by atoms with Crippen LogP contribution in [0.2, 0.25) is 5.02 Å². The zero-order valence-corrected chi connectivity index (χ0v) is 17.2. The Labute approximate surface area is 173 Å². The van der Waals surface area contributed by atoms with E-state index in [1.165, 1.54) is 11.8 Å². The third kappa shape index (κ3) is 5.05. The number of methoxy groups -OCH3 is 1. The van der Waals surface area contributed by atoms with Gasteiger partial charge in [0.05, 0.1) is 18.9 Å². The molecule has 2 aromatic carbocycles. The molecule has 0 saturated heterocycles. The van der Waals surface area contributed by atoms with E-state index in [1.54, 1.807) is 13.4 Å². The van der Waals surface area contributed by atoms with Gasteiger partial charge in [0.15, 0.2) is 5.16 Å². The fourth-order valence-electron chi connectivity index (χ4n) is 2.75. The van der Waals surface area contributed by atoms with Crippen molar-refractivity contribution in [1.82, 2.24) is 20.1 Å². The topological polar surface area (TPSA) is 69.0 Å². The molecule has 3 aromatic rings. The van der Waals surface area contributed by atoms with Crippen molar-refractivity contribution in [1.29, 1.82) is 0 Å². The number of ether oxygens (including phenoxy) is 1. The molecule has 0 aliphatic heterocycles. The second kappa shape index (κ2) is 9.61. The number of hydrogen-bond donors (Lipinski definition) is 1. The van der Waals surface area contributed by atoms with Gasteiger partial charge in [-0.15, -0.1) is 10.2 Å². The van der Waals surface area contributed by atoms with Gasteiger partial charge in [-0.25, -0.2) is 0 Å². The quantitative estimate of drug-likeness (QED) is 0.555. The first-order valence-electron chi connectivity index (χ1n) is 8.82. The minimum Gasteiger partial charge on any atom is -0.497 e. The van der Waals surface area contributed by atoms with E-state index in [1.807, 2.05) is 60.0 Å². The van der Waals surface area contributed by atoms with Crippen LogP contribution in [0.1, 0.15) is 24.9 Å². The SMILES string of the molecule is CCC(NC(=O)CSc1nncn1-c1ccc(OC)cc1)c1cccc(Cl)c1. The lowest BCUT2D eigenvalue weighted by atomic mass is 10.0. The number of hydrogen-bond acceptors (Lipinski definition) is 5. The highest BCUT2D eigenvalue weighted by molar-refractivity contribution is 7.99. The van der Waals surface area contributed by atoms with E-state index >= 15 is 0 Å². The van der Waals surface area contributed by atoms with Crippen LogP contribution in [-0.2, 0) is 4.79 Å². The van der Waals surface area contributed by atoms with E-state index in [0.29, 0.717) is 10.2 Å². The van der Waals surface area contributed by atoms with Gasteiger partial charge < -0.3 is 10.1 Å². The molecule has 1 aromatic heterocycles. The van der Waals surface area contributed by atoms with Crippen molar-refractivity contribution in [2.45, 2.75) is 24.5 Å². The summed E-state index contributed by atoms with van der Waals surface area (Å²) in [5.41, 5.74) is 1.90. The molecule has 0 radical (unpaired) electrons. The van der Waals surface area contributed by atoms with Crippen molar-refractivity contribution in [3.05, 3.63) is 65.4 Å². The second-order valence-corrected chi connectivity index (χ2v) is 7.43. The molecule has 1 atom stereocenters. The molecular formula is C20H21ClN4O2S. The molecule has 0 aliphatic rings. The van der Waals surface area contributed by atoms with Crippen LogP contribution < -0.4 is 10.1 Å². The number of nitrogens with zero attached hydrogens (tertiary/aromatic N) is 3. The Kier molecular flexibility index (Phi) is 6.95. The molecule has 0 saturated carbocycles. The second-order valence-electron chi connectivity index (χ2n) is 6.05. The fourth-order valence-corrected chi connectivity index (χ4v) is 3.69. The summed E-state index contributed by atoms with van der Waals surface area (Å²) in [6.07, 6.45) is 2.40. The summed E-state index contributed by atoms with van der Waals surface area (Å²) >= 11 is 7.40. The first kappa shape index (κ1) is 20.2. The lowest BCUT2D eigenvalue weighted by Gasteiger charge is -2.17. The molecular weight excluding hydrogens is 396 g/mol. The standard InChI is InChI=1S/C20H21ClN4O2S/c1-3-18(14-5-4-6-15(21)11-14)23-19(26)12-28-20-24-22-13-25(20)16-7-9-17(27-2)10-8-16/h4-11,13,18H,3,12H2,1-2H3,(H,23,26). The van der Waals surface area contributed by atoms with Crippen LogP contribution in [0.3, 0.4) is 0 Å². The molecule has 6 nitrogen and oxygen atoms in total. The summed E-state index contributed by atoms with van der Waals surface area (Å²) in [6.45, 7) is 2.03. The summed E-state index contributed by atoms with van der Waals surface area (Å²) < 4.78 is 7.02. The van der Waals surface area contributed by atoms with Gasteiger partial charge in [-0.1, -0.05) is 42.4 Å². The Bertz CT molecular complexity index is 930.